The molecule has 3 aromatic heterocycles. The number of aromatic nitrogens is 4. The Morgan fingerprint density at radius 3 is 2.63 bits per heavy atom. The Labute approximate surface area is 196 Å². The van der Waals surface area contributed by atoms with Gasteiger partial charge in [0.05, 0.1) is 12.8 Å². The first kappa shape index (κ1) is 23.7. The van der Waals surface area contributed by atoms with Crippen LogP contribution in [0.3, 0.4) is 0 Å². The number of rotatable bonds is 7. The van der Waals surface area contributed by atoms with E-state index in [1.807, 2.05) is 12.1 Å². The van der Waals surface area contributed by atoms with Gasteiger partial charge in [-0.15, -0.1) is 0 Å². The fourth-order valence-corrected chi connectivity index (χ4v) is 3.05. The minimum atomic E-state index is -4.74. The lowest BCUT2D eigenvalue weighted by atomic mass is 10.1. The molecule has 0 saturated carbocycles. The largest absolute Gasteiger partial charge is 0.496 e. The number of pyridine rings is 2. The van der Waals surface area contributed by atoms with Crippen LogP contribution in [0.2, 0.25) is 0 Å². The number of hydrogen-bond donors (Lipinski definition) is 1. The van der Waals surface area contributed by atoms with Crippen molar-refractivity contribution in [1.82, 2.24) is 25.4 Å². The van der Waals surface area contributed by atoms with Crippen molar-refractivity contribution in [3.8, 4) is 28.4 Å². The third-order valence-corrected chi connectivity index (χ3v) is 4.79. The molecule has 0 atom stereocenters. The zero-order valence-electron chi connectivity index (χ0n) is 18.2. The molecule has 0 spiro atoms. The third kappa shape index (κ3) is 5.91. The fraction of sp³-hybridized carbons (Fsp3) is 0.174. The first-order valence-electron chi connectivity index (χ1n) is 10.2. The quantitative estimate of drug-likeness (QED) is 0.403. The highest BCUT2D eigenvalue weighted by molar-refractivity contribution is 5.67. The second-order valence-electron chi connectivity index (χ2n) is 7.17. The van der Waals surface area contributed by atoms with Crippen molar-refractivity contribution in [2.75, 3.05) is 7.11 Å². The van der Waals surface area contributed by atoms with Crippen molar-refractivity contribution in [1.29, 1.82) is 0 Å². The maximum Gasteiger partial charge on any atom is 0.471 e. The maximum absolute atomic E-state index is 12.7. The number of carbonyl (C=O) groups is 1. The van der Waals surface area contributed by atoms with E-state index in [-0.39, 0.29) is 24.5 Å². The molecule has 0 aliphatic carbocycles. The summed E-state index contributed by atoms with van der Waals surface area (Å²) in [5.41, 5.74) is 3.15. The number of halogens is 3. The molecule has 1 N–H and O–H groups in total. The second kappa shape index (κ2) is 10.2. The lowest BCUT2D eigenvalue weighted by Crippen LogP contribution is -2.23. The van der Waals surface area contributed by atoms with Gasteiger partial charge in [-0.25, -0.2) is 4.79 Å². The first-order valence-corrected chi connectivity index (χ1v) is 10.2. The van der Waals surface area contributed by atoms with Crippen molar-refractivity contribution >= 4 is 6.09 Å². The lowest BCUT2D eigenvalue weighted by molar-refractivity contribution is -0.159. The molecule has 4 rings (SSSR count). The summed E-state index contributed by atoms with van der Waals surface area (Å²) in [6, 6.07) is 11.8. The van der Waals surface area contributed by atoms with Gasteiger partial charge in [0.2, 0.25) is 5.82 Å². The van der Waals surface area contributed by atoms with E-state index in [1.165, 1.54) is 19.2 Å². The average Bonchev–Trinajstić information content (AvgIpc) is 3.38. The smallest absolute Gasteiger partial charge is 0.471 e. The van der Waals surface area contributed by atoms with Gasteiger partial charge >= 0.3 is 18.2 Å². The highest BCUT2D eigenvalue weighted by atomic mass is 19.4. The lowest BCUT2D eigenvalue weighted by Gasteiger charge is -2.11. The van der Waals surface area contributed by atoms with Gasteiger partial charge in [0, 0.05) is 47.4 Å². The Bertz CT molecular complexity index is 1290. The predicted molar refractivity (Wildman–Crippen MR) is 116 cm³/mol. The Hall–Kier alpha value is -4.48. The number of alkyl carbamates (subject to hydrolysis) is 1. The van der Waals surface area contributed by atoms with E-state index in [0.717, 1.165) is 11.3 Å². The topological polar surface area (TPSA) is 112 Å². The Kier molecular flexibility index (Phi) is 6.90. The van der Waals surface area contributed by atoms with E-state index >= 15 is 0 Å². The monoisotopic (exact) mass is 485 g/mol. The van der Waals surface area contributed by atoms with Gasteiger partial charge in [-0.05, 0) is 24.3 Å². The number of amides is 1. The van der Waals surface area contributed by atoms with Crippen molar-refractivity contribution in [2.45, 2.75) is 19.3 Å². The van der Waals surface area contributed by atoms with E-state index in [4.69, 9.17) is 9.47 Å². The van der Waals surface area contributed by atoms with Gasteiger partial charge in [-0.3, -0.25) is 9.97 Å². The van der Waals surface area contributed by atoms with Gasteiger partial charge < -0.3 is 19.3 Å². The molecular weight excluding hydrogens is 467 g/mol. The highest BCUT2D eigenvalue weighted by Crippen LogP contribution is 2.31. The molecule has 12 heteroatoms. The summed E-state index contributed by atoms with van der Waals surface area (Å²) in [7, 11) is 1.39. The fourth-order valence-electron chi connectivity index (χ4n) is 3.05. The van der Waals surface area contributed by atoms with Crippen LogP contribution >= 0.6 is 0 Å². The molecule has 0 saturated heterocycles. The Balaban J connectivity index is 1.32. The molecule has 35 heavy (non-hydrogen) atoms. The van der Waals surface area contributed by atoms with Crippen LogP contribution in [0.15, 0.2) is 65.6 Å². The first-order chi connectivity index (χ1) is 16.8. The average molecular weight is 485 g/mol. The number of methoxy groups -OCH3 is 1. The highest BCUT2D eigenvalue weighted by Gasteiger charge is 2.38. The summed E-state index contributed by atoms with van der Waals surface area (Å²) < 4.78 is 52.8. The summed E-state index contributed by atoms with van der Waals surface area (Å²) in [6.45, 7) is 0.0715. The molecule has 0 aliphatic heterocycles. The van der Waals surface area contributed by atoms with Crippen molar-refractivity contribution in [2.24, 2.45) is 0 Å². The minimum absolute atomic E-state index is 0.0155. The molecule has 0 unspecified atom stereocenters. The minimum Gasteiger partial charge on any atom is -0.496 e. The van der Waals surface area contributed by atoms with Gasteiger partial charge in [-0.2, -0.15) is 18.2 Å². The molecule has 4 aromatic rings. The van der Waals surface area contributed by atoms with Crippen LogP contribution < -0.4 is 10.1 Å². The Morgan fingerprint density at radius 2 is 1.97 bits per heavy atom. The zero-order chi connectivity index (χ0) is 24.8. The van der Waals surface area contributed by atoms with Crippen LogP contribution in [0.25, 0.3) is 22.6 Å². The molecular formula is C23H18F3N5O4. The number of benzene rings is 1. The van der Waals surface area contributed by atoms with Crippen molar-refractivity contribution < 1.29 is 32.0 Å². The molecule has 3 heterocycles. The molecule has 1 amide bonds. The summed E-state index contributed by atoms with van der Waals surface area (Å²) in [5, 5.41) is 5.94. The Morgan fingerprint density at radius 1 is 1.11 bits per heavy atom. The van der Waals surface area contributed by atoms with Gasteiger partial charge in [0.25, 0.3) is 0 Å². The van der Waals surface area contributed by atoms with Crippen LogP contribution in [0.1, 0.15) is 17.0 Å². The molecule has 0 radical (unpaired) electrons. The van der Waals surface area contributed by atoms with Crippen molar-refractivity contribution in [3.63, 3.8) is 0 Å². The van der Waals surface area contributed by atoms with E-state index in [2.05, 4.69) is 29.9 Å². The maximum atomic E-state index is 12.7. The van der Waals surface area contributed by atoms with Gasteiger partial charge in [-0.1, -0.05) is 23.4 Å². The number of alkyl halides is 3. The zero-order valence-corrected chi connectivity index (χ0v) is 18.2. The molecule has 1 aromatic carbocycles. The van der Waals surface area contributed by atoms with E-state index in [9.17, 15) is 18.0 Å². The molecule has 0 aliphatic rings. The van der Waals surface area contributed by atoms with Crippen LogP contribution in [-0.2, 0) is 24.1 Å². The number of nitrogens with one attached hydrogen (secondary N) is 1. The standard InChI is InChI=1S/C23H18F3N5O4/c1-33-19-9-15(20-30-21(35-31-20)23(24,25)26)5-6-17(19)12-29-22(32)34-13-14-4-7-18(28-10-14)16-3-2-8-27-11-16/h2-11H,12-13H2,1H3,(H,29,32). The normalized spacial score (nSPS) is 11.2. The van der Waals surface area contributed by atoms with Gasteiger partial charge in [0.15, 0.2) is 0 Å². The van der Waals surface area contributed by atoms with E-state index in [0.29, 0.717) is 16.9 Å². The summed E-state index contributed by atoms with van der Waals surface area (Å²) in [5.74, 6) is -1.36. The molecule has 0 fully saturated rings. The van der Waals surface area contributed by atoms with Crippen LogP contribution in [0.5, 0.6) is 5.75 Å². The summed E-state index contributed by atoms with van der Waals surface area (Å²) >= 11 is 0. The van der Waals surface area contributed by atoms with Gasteiger partial charge in [0.1, 0.15) is 12.4 Å². The van der Waals surface area contributed by atoms with Crippen molar-refractivity contribution in [3.05, 3.63) is 78.1 Å². The second-order valence-corrected chi connectivity index (χ2v) is 7.17. The van der Waals surface area contributed by atoms with E-state index < -0.39 is 18.2 Å². The summed E-state index contributed by atoms with van der Waals surface area (Å²) in [6.07, 6.45) is -0.416. The van der Waals surface area contributed by atoms with E-state index in [1.54, 1.807) is 36.8 Å². The third-order valence-electron chi connectivity index (χ3n) is 4.79. The van der Waals surface area contributed by atoms with Crippen LogP contribution in [0, 0.1) is 0 Å². The number of hydrogen-bond acceptors (Lipinski definition) is 8. The SMILES string of the molecule is COc1cc(-c2noc(C(F)(F)F)n2)ccc1CNC(=O)OCc1ccc(-c2cccnc2)nc1. The summed E-state index contributed by atoms with van der Waals surface area (Å²) in [4.78, 5) is 23.9. The van der Waals surface area contributed by atoms with Crippen LogP contribution in [-0.4, -0.2) is 33.3 Å². The number of carbonyl (C=O) groups excluding carboxylic acids is 1. The molecule has 9 nitrogen and oxygen atoms in total. The number of ether oxygens (including phenoxy) is 2. The van der Waals surface area contributed by atoms with Crippen LogP contribution in [0.4, 0.5) is 18.0 Å². The molecule has 0 bridgehead atoms. The predicted octanol–water partition coefficient (Wildman–Crippen LogP) is 4.65. The molecule has 180 valence electrons. The number of nitrogens with zero attached hydrogens (tertiary/aromatic N) is 4.